The topological polar surface area (TPSA) is 127 Å². The van der Waals surface area contributed by atoms with E-state index < -0.39 is 0 Å². The number of fused-ring (bicyclic) bond motifs is 2. The third kappa shape index (κ3) is 18.1. The predicted octanol–water partition coefficient (Wildman–Crippen LogP) is 7.22. The maximum absolute atomic E-state index is 9.98. The van der Waals surface area contributed by atoms with Gasteiger partial charge in [-0.15, -0.1) is 17.3 Å². The first kappa shape index (κ1) is 46.3. The zero-order valence-electron chi connectivity index (χ0n) is 31.5. The van der Waals surface area contributed by atoms with Crippen molar-refractivity contribution >= 4 is 52.3 Å². The van der Waals surface area contributed by atoms with Gasteiger partial charge in [0.1, 0.15) is 0 Å². The normalized spacial score (nSPS) is 12.5. The van der Waals surface area contributed by atoms with Crippen LogP contribution in [0.4, 0.5) is 22.7 Å². The molecule has 0 radical (unpaired) electrons. The molecule has 0 bridgehead atoms. The number of anilines is 4. The van der Waals surface area contributed by atoms with Gasteiger partial charge in [0.2, 0.25) is 0 Å². The summed E-state index contributed by atoms with van der Waals surface area (Å²) >= 11 is 0. The molecule has 0 atom stereocenters. The number of ketones is 3. The summed E-state index contributed by atoms with van der Waals surface area (Å²) in [7, 11) is 0. The Labute approximate surface area is 333 Å². The van der Waals surface area contributed by atoms with Gasteiger partial charge in [-0.3, -0.25) is 14.4 Å². The minimum atomic E-state index is -0.187. The van der Waals surface area contributed by atoms with Crippen LogP contribution in [-0.4, -0.2) is 30.4 Å². The van der Waals surface area contributed by atoms with Gasteiger partial charge in [0.25, 0.3) is 0 Å². The predicted molar refractivity (Wildman–Crippen MR) is 211 cm³/mol. The molecule has 4 aromatic carbocycles. The largest absolute Gasteiger partial charge is 3.00 e. The van der Waals surface area contributed by atoms with Crippen molar-refractivity contribution in [1.82, 2.24) is 0 Å². The Morgan fingerprint density at radius 3 is 1.00 bits per heavy atom. The molecule has 9 heteroatoms. The summed E-state index contributed by atoms with van der Waals surface area (Å²) in [5.74, 6) is -1.12. The van der Waals surface area contributed by atoms with Crippen LogP contribution >= 0.6 is 0 Å². The van der Waals surface area contributed by atoms with Crippen LogP contribution in [0.5, 0.6) is 0 Å². The molecule has 4 aromatic rings. The van der Waals surface area contributed by atoms with E-state index in [1.807, 2.05) is 0 Å². The fourth-order valence-electron chi connectivity index (χ4n) is 5.08. The molecular weight excluding hydrogens is 857 g/mol. The third-order valence-corrected chi connectivity index (χ3v) is 6.98. The van der Waals surface area contributed by atoms with E-state index in [9.17, 15) is 29.7 Å². The number of carbonyl (C=O) groups is 3. The molecule has 2 aliphatic heterocycles. The quantitative estimate of drug-likeness (QED) is 0.152. The van der Waals surface area contributed by atoms with E-state index >= 15 is 0 Å². The zero-order valence-corrected chi connectivity index (χ0v) is 33.9. The molecule has 6 rings (SSSR count). The van der Waals surface area contributed by atoms with E-state index in [4.69, 9.17) is 0 Å². The van der Waals surface area contributed by atoms with E-state index in [2.05, 4.69) is 143 Å². The van der Waals surface area contributed by atoms with Crippen molar-refractivity contribution in [3.05, 3.63) is 168 Å². The Kier molecular flexibility index (Phi) is 21.6. The minimum absolute atomic E-state index is 0. The van der Waals surface area contributed by atoms with Crippen LogP contribution in [-0.2, 0) is 34.5 Å². The zero-order chi connectivity index (χ0) is 39.2. The number of hydrogen-bond donors (Lipinski definition) is 0. The molecule has 0 saturated heterocycles. The summed E-state index contributed by atoms with van der Waals surface area (Å²) < 4.78 is 0. The molecule has 2 heterocycles. The summed E-state index contributed by atoms with van der Waals surface area (Å²) in [6, 6.07) is 38.0. The number of allylic oxidation sites excluding steroid dienone is 6. The molecule has 0 fully saturated rings. The van der Waals surface area contributed by atoms with Crippen molar-refractivity contribution in [3.8, 4) is 0 Å². The second-order valence-electron chi connectivity index (χ2n) is 11.9. The van der Waals surface area contributed by atoms with Gasteiger partial charge in [0, 0.05) is 35.8 Å². The molecule has 0 saturated carbocycles. The van der Waals surface area contributed by atoms with E-state index in [1.165, 1.54) is 75.4 Å². The molecule has 0 N–H and O–H groups in total. The monoisotopic (exact) mass is 904 g/mol. The number of nitrogens with zero attached hydrogens (tertiary/aromatic N) is 2. The smallest absolute Gasteiger partial charge is 0.876 e. The van der Waals surface area contributed by atoms with Crippen LogP contribution in [0.1, 0.15) is 52.7 Å². The van der Waals surface area contributed by atoms with Crippen LogP contribution in [0.15, 0.2) is 157 Å². The van der Waals surface area contributed by atoms with Gasteiger partial charge < -0.3 is 25.1 Å². The summed E-state index contributed by atoms with van der Waals surface area (Å²) in [4.78, 5) is 34.6. The first-order chi connectivity index (χ1) is 25.3. The standard InChI is InChI=1S/2C15H13N.3C5H8O2.Ir/c2*1-2-9-14(10-3-1)16-12-6-8-13-7-4-5-11-15(13)16;3*1-4(6)3-5(2)7;/h2*1-11H,12H2;3*3,6H,1-2H3;/q;;;;;+3/p-3/b;;3*4-3-;. The molecule has 282 valence electrons. The summed E-state index contributed by atoms with van der Waals surface area (Å²) in [5, 5.41) is 29.9. The molecule has 0 unspecified atom stereocenters. The van der Waals surface area contributed by atoms with E-state index in [1.54, 1.807) is 0 Å². The maximum Gasteiger partial charge on any atom is 3.00 e. The van der Waals surface area contributed by atoms with Gasteiger partial charge >= 0.3 is 20.1 Å². The Morgan fingerprint density at radius 1 is 0.463 bits per heavy atom. The van der Waals surface area contributed by atoms with Gasteiger partial charge in [0.05, 0.1) is 0 Å². The second kappa shape index (κ2) is 25.3. The third-order valence-electron chi connectivity index (χ3n) is 6.98. The molecule has 54 heavy (non-hydrogen) atoms. The van der Waals surface area contributed by atoms with Crippen molar-refractivity contribution in [3.63, 3.8) is 0 Å². The molecule has 2 aliphatic rings. The van der Waals surface area contributed by atoms with Crippen LogP contribution in [0.3, 0.4) is 0 Å². The number of para-hydroxylation sites is 4. The van der Waals surface area contributed by atoms with Crippen molar-refractivity contribution in [2.75, 3.05) is 22.9 Å². The SMILES string of the molecule is C1=Cc2ccccc2N(c2ccccc2)C1.C1=Cc2ccccc2N(c2ccccc2)C1.CC(=O)/C=C(/C)[O-].CC(=O)/C=C(/C)[O-].CC(=O)/C=C(/C)[O-].[Ir+3]. The number of rotatable bonds is 5. The summed E-state index contributed by atoms with van der Waals surface area (Å²) in [5.41, 5.74) is 7.65. The van der Waals surface area contributed by atoms with Crippen LogP contribution < -0.4 is 25.1 Å². The maximum atomic E-state index is 9.98. The second-order valence-corrected chi connectivity index (χ2v) is 11.9. The Hall–Kier alpha value is -5.76. The Morgan fingerprint density at radius 2 is 0.741 bits per heavy atom. The van der Waals surface area contributed by atoms with Crippen LogP contribution in [0.2, 0.25) is 0 Å². The molecule has 0 aliphatic carbocycles. The van der Waals surface area contributed by atoms with E-state index in [0.717, 1.165) is 31.3 Å². The van der Waals surface area contributed by atoms with Gasteiger partial charge in [-0.1, -0.05) is 118 Å². The molecule has 0 aromatic heterocycles. The minimum Gasteiger partial charge on any atom is -0.876 e. The van der Waals surface area contributed by atoms with Crippen LogP contribution in [0.25, 0.3) is 12.2 Å². The molecule has 0 amide bonds. The number of hydrogen-bond acceptors (Lipinski definition) is 8. The van der Waals surface area contributed by atoms with Gasteiger partial charge in [-0.25, -0.2) is 0 Å². The van der Waals surface area contributed by atoms with Gasteiger partial charge in [0.15, 0.2) is 17.3 Å². The molecular formula is C45H47IrN2O6. The van der Waals surface area contributed by atoms with Crippen molar-refractivity contribution in [1.29, 1.82) is 0 Å². The van der Waals surface area contributed by atoms with E-state index in [-0.39, 0.29) is 54.7 Å². The number of benzene rings is 4. The van der Waals surface area contributed by atoms with E-state index in [0.29, 0.717) is 0 Å². The fourth-order valence-corrected chi connectivity index (χ4v) is 5.08. The van der Waals surface area contributed by atoms with Gasteiger partial charge in [-0.2, -0.15) is 0 Å². The number of carbonyl (C=O) groups excluding carboxylic acids is 3. The first-order valence-corrected chi connectivity index (χ1v) is 17.0. The molecule has 0 spiro atoms. The van der Waals surface area contributed by atoms with Crippen molar-refractivity contribution in [2.24, 2.45) is 0 Å². The summed E-state index contributed by atoms with van der Waals surface area (Å²) in [6.45, 7) is 9.98. The van der Waals surface area contributed by atoms with Gasteiger partial charge in [-0.05, 0) is 86.5 Å². The Balaban J connectivity index is 0.000000359. The average molecular weight is 904 g/mol. The fraction of sp³-hybridized carbons (Fsp3) is 0.178. The first-order valence-electron chi connectivity index (χ1n) is 17.0. The summed E-state index contributed by atoms with van der Waals surface area (Å²) in [6.07, 6.45) is 12.0. The van der Waals surface area contributed by atoms with Crippen LogP contribution in [0, 0.1) is 0 Å². The average Bonchev–Trinajstić information content (AvgIpc) is 3.11. The molecule has 8 nitrogen and oxygen atoms in total. The van der Waals surface area contributed by atoms with Crippen molar-refractivity contribution < 1.29 is 49.8 Å². The van der Waals surface area contributed by atoms with Crippen molar-refractivity contribution in [2.45, 2.75) is 41.5 Å². The Bertz CT molecular complexity index is 1750.